The molecule has 2 fully saturated rings. The number of carbonyl (C=O) groups is 1. The van der Waals surface area contributed by atoms with E-state index < -0.39 is 5.97 Å². The third kappa shape index (κ3) is 3.29. The molecule has 2 aliphatic rings. The van der Waals surface area contributed by atoms with Crippen LogP contribution in [0.15, 0.2) is 0 Å². The van der Waals surface area contributed by atoms with E-state index in [1.165, 1.54) is 12.8 Å². The van der Waals surface area contributed by atoms with Crippen molar-refractivity contribution in [2.45, 2.75) is 58.0 Å². The van der Waals surface area contributed by atoms with Crippen LogP contribution in [0.25, 0.3) is 0 Å². The van der Waals surface area contributed by atoms with E-state index in [1.54, 1.807) is 0 Å². The highest BCUT2D eigenvalue weighted by atomic mass is 16.4. The monoisotopic (exact) mass is 268 g/mol. The molecule has 1 saturated carbocycles. The highest BCUT2D eigenvalue weighted by Crippen LogP contribution is 2.31. The van der Waals surface area contributed by atoms with Crippen LogP contribution in [0.4, 0.5) is 0 Å². The van der Waals surface area contributed by atoms with Crippen LogP contribution >= 0.6 is 0 Å². The molecular formula is C15H28N2O2. The van der Waals surface area contributed by atoms with Crippen molar-refractivity contribution < 1.29 is 9.90 Å². The second-order valence-electron chi connectivity index (χ2n) is 5.96. The molecule has 1 saturated heterocycles. The van der Waals surface area contributed by atoms with Crippen molar-refractivity contribution in [3.8, 4) is 0 Å². The van der Waals surface area contributed by atoms with Crippen molar-refractivity contribution in [2.75, 3.05) is 26.2 Å². The largest absolute Gasteiger partial charge is 0.481 e. The Balaban J connectivity index is 1.96. The van der Waals surface area contributed by atoms with Crippen molar-refractivity contribution in [3.63, 3.8) is 0 Å². The number of rotatable bonds is 5. The zero-order chi connectivity index (χ0) is 13.8. The molecule has 3 atom stereocenters. The number of aliphatic carboxylic acids is 1. The van der Waals surface area contributed by atoms with Crippen LogP contribution in [0.3, 0.4) is 0 Å². The van der Waals surface area contributed by atoms with Gasteiger partial charge in [-0.2, -0.15) is 0 Å². The van der Waals surface area contributed by atoms with Gasteiger partial charge in [0.15, 0.2) is 0 Å². The Morgan fingerprint density at radius 2 is 1.89 bits per heavy atom. The fraction of sp³-hybridized carbons (Fsp3) is 0.933. The lowest BCUT2D eigenvalue weighted by molar-refractivity contribution is -0.145. The normalized spacial score (nSPS) is 32.9. The Morgan fingerprint density at radius 3 is 2.53 bits per heavy atom. The van der Waals surface area contributed by atoms with Gasteiger partial charge in [0.25, 0.3) is 0 Å². The van der Waals surface area contributed by atoms with E-state index in [0.717, 1.165) is 45.4 Å². The van der Waals surface area contributed by atoms with Gasteiger partial charge in [0.1, 0.15) is 0 Å². The lowest BCUT2D eigenvalue weighted by Gasteiger charge is -2.36. The number of carboxylic acids is 1. The summed E-state index contributed by atoms with van der Waals surface area (Å²) in [6.07, 6.45) is 5.42. The van der Waals surface area contributed by atoms with Crippen molar-refractivity contribution in [2.24, 2.45) is 5.92 Å². The summed E-state index contributed by atoms with van der Waals surface area (Å²) >= 11 is 0. The van der Waals surface area contributed by atoms with Gasteiger partial charge in [-0.05, 0) is 32.4 Å². The van der Waals surface area contributed by atoms with Gasteiger partial charge < -0.3 is 5.11 Å². The number of likely N-dealkylation sites (tertiary alicyclic amines) is 1. The first-order valence-corrected chi connectivity index (χ1v) is 7.88. The van der Waals surface area contributed by atoms with Gasteiger partial charge >= 0.3 is 5.97 Å². The molecule has 1 heterocycles. The Bertz CT molecular complexity index is 305. The first kappa shape index (κ1) is 14.8. The molecule has 1 aliphatic heterocycles. The van der Waals surface area contributed by atoms with Crippen LogP contribution in [0.1, 0.15) is 46.0 Å². The van der Waals surface area contributed by atoms with Crippen molar-refractivity contribution in [1.29, 1.82) is 0 Å². The van der Waals surface area contributed by atoms with Crippen LogP contribution in [-0.2, 0) is 4.79 Å². The molecule has 1 aliphatic carbocycles. The maximum absolute atomic E-state index is 11.4. The summed E-state index contributed by atoms with van der Waals surface area (Å²) in [4.78, 5) is 16.4. The molecule has 3 unspecified atom stereocenters. The molecule has 0 spiro atoms. The maximum Gasteiger partial charge on any atom is 0.308 e. The molecule has 0 aromatic carbocycles. The first-order chi connectivity index (χ1) is 9.17. The summed E-state index contributed by atoms with van der Waals surface area (Å²) in [5.41, 5.74) is 0. The highest BCUT2D eigenvalue weighted by Gasteiger charge is 2.38. The zero-order valence-corrected chi connectivity index (χ0v) is 12.3. The predicted octanol–water partition coefficient (Wildman–Crippen LogP) is 2.05. The van der Waals surface area contributed by atoms with E-state index >= 15 is 0 Å². The number of nitrogens with zero attached hydrogens (tertiary/aromatic N) is 2. The fourth-order valence-electron chi connectivity index (χ4n) is 3.94. The number of likely N-dealkylation sites (N-methyl/N-ethyl adjacent to an activating group) is 1. The summed E-state index contributed by atoms with van der Waals surface area (Å²) < 4.78 is 0. The fourth-order valence-corrected chi connectivity index (χ4v) is 3.94. The van der Waals surface area contributed by atoms with E-state index in [0.29, 0.717) is 6.04 Å². The Morgan fingerprint density at radius 1 is 1.21 bits per heavy atom. The maximum atomic E-state index is 11.4. The van der Waals surface area contributed by atoms with Crippen LogP contribution in [-0.4, -0.2) is 59.1 Å². The molecule has 0 radical (unpaired) electrons. The van der Waals surface area contributed by atoms with Crippen LogP contribution in [0, 0.1) is 5.92 Å². The van der Waals surface area contributed by atoms with Gasteiger partial charge in [-0.15, -0.1) is 0 Å². The minimum atomic E-state index is -0.587. The van der Waals surface area contributed by atoms with Gasteiger partial charge in [0.05, 0.1) is 5.92 Å². The molecular weight excluding hydrogens is 240 g/mol. The number of hydrogen-bond donors (Lipinski definition) is 1. The minimum Gasteiger partial charge on any atom is -0.481 e. The summed E-state index contributed by atoms with van der Waals surface area (Å²) in [7, 11) is 0. The molecule has 0 aromatic rings. The molecule has 110 valence electrons. The topological polar surface area (TPSA) is 43.8 Å². The van der Waals surface area contributed by atoms with Crippen LogP contribution in [0.2, 0.25) is 0 Å². The van der Waals surface area contributed by atoms with Gasteiger partial charge in [-0.25, -0.2) is 0 Å². The van der Waals surface area contributed by atoms with Crippen molar-refractivity contribution in [1.82, 2.24) is 9.80 Å². The lowest BCUT2D eigenvalue weighted by Crippen LogP contribution is -2.46. The molecule has 4 heteroatoms. The molecule has 0 amide bonds. The third-order valence-electron chi connectivity index (χ3n) is 5.04. The molecule has 19 heavy (non-hydrogen) atoms. The lowest BCUT2D eigenvalue weighted by atomic mass is 9.83. The third-order valence-corrected chi connectivity index (χ3v) is 5.04. The average Bonchev–Trinajstić information content (AvgIpc) is 2.89. The Kier molecular flexibility index (Phi) is 5.22. The molecule has 0 aromatic heterocycles. The smallest absolute Gasteiger partial charge is 0.308 e. The molecule has 1 N–H and O–H groups in total. The van der Waals surface area contributed by atoms with E-state index in [4.69, 9.17) is 0 Å². The summed E-state index contributed by atoms with van der Waals surface area (Å²) in [5, 5.41) is 9.40. The quantitative estimate of drug-likeness (QED) is 0.829. The minimum absolute atomic E-state index is 0.135. The Labute approximate surface area is 116 Å². The van der Waals surface area contributed by atoms with Crippen molar-refractivity contribution in [3.05, 3.63) is 0 Å². The van der Waals surface area contributed by atoms with Crippen molar-refractivity contribution >= 4 is 5.97 Å². The standard InChI is InChI=1S/C15H28N2O2/c1-3-16(4-2)12-9-10-17(11-12)14-8-6-5-7-13(14)15(18)19/h12-14H,3-11H2,1-2H3,(H,18,19). The molecule has 0 bridgehead atoms. The SMILES string of the molecule is CCN(CC)C1CCN(C2CCCCC2C(=O)O)C1. The average molecular weight is 268 g/mol. The van der Waals surface area contributed by atoms with Gasteiger partial charge in [0.2, 0.25) is 0 Å². The number of hydrogen-bond acceptors (Lipinski definition) is 3. The second kappa shape index (κ2) is 6.71. The van der Waals surface area contributed by atoms with Gasteiger partial charge in [-0.3, -0.25) is 14.6 Å². The molecule has 4 nitrogen and oxygen atoms in total. The number of carboxylic acid groups (broad SMARTS) is 1. The van der Waals surface area contributed by atoms with E-state index in [9.17, 15) is 9.90 Å². The van der Waals surface area contributed by atoms with Gasteiger partial charge in [-0.1, -0.05) is 26.7 Å². The van der Waals surface area contributed by atoms with E-state index in [-0.39, 0.29) is 12.0 Å². The predicted molar refractivity (Wildman–Crippen MR) is 76.3 cm³/mol. The molecule has 2 rings (SSSR count). The van der Waals surface area contributed by atoms with Gasteiger partial charge in [0, 0.05) is 25.2 Å². The highest BCUT2D eigenvalue weighted by molar-refractivity contribution is 5.71. The van der Waals surface area contributed by atoms with E-state index in [1.807, 2.05) is 0 Å². The van der Waals surface area contributed by atoms with Crippen LogP contribution in [0.5, 0.6) is 0 Å². The summed E-state index contributed by atoms with van der Waals surface area (Å²) in [5.74, 6) is -0.722. The summed E-state index contributed by atoms with van der Waals surface area (Å²) in [6.45, 7) is 8.77. The zero-order valence-electron chi connectivity index (χ0n) is 12.3. The Hall–Kier alpha value is -0.610. The van der Waals surface area contributed by atoms with E-state index in [2.05, 4.69) is 23.6 Å². The summed E-state index contributed by atoms with van der Waals surface area (Å²) in [6, 6.07) is 0.915. The van der Waals surface area contributed by atoms with Crippen LogP contribution < -0.4 is 0 Å². The second-order valence-corrected chi connectivity index (χ2v) is 5.96. The first-order valence-electron chi connectivity index (χ1n) is 7.88.